The standard InChI is InChI=1S/C14H19N3O2/c1-15-13-10(3-2-7-16-13)14(18)17-11-6-8-19-12(11)9-4-5-9/h2-3,7,9,11-12H,4-6,8H2,1H3,(H,15,16)(H,17,18). The molecular weight excluding hydrogens is 242 g/mol. The first kappa shape index (κ1) is 12.4. The maximum atomic E-state index is 12.3. The van der Waals surface area contributed by atoms with Crippen LogP contribution in [0.4, 0.5) is 5.82 Å². The number of aromatic nitrogens is 1. The summed E-state index contributed by atoms with van der Waals surface area (Å²) in [5, 5.41) is 6.04. The highest BCUT2D eigenvalue weighted by Crippen LogP contribution is 2.38. The zero-order valence-electron chi connectivity index (χ0n) is 11.1. The van der Waals surface area contributed by atoms with Gasteiger partial charge in [-0.15, -0.1) is 0 Å². The molecule has 2 unspecified atom stereocenters. The van der Waals surface area contributed by atoms with Crippen LogP contribution in [-0.2, 0) is 4.74 Å². The number of carbonyl (C=O) groups is 1. The predicted octanol–water partition coefficient (Wildman–Crippen LogP) is 1.42. The van der Waals surface area contributed by atoms with Crippen molar-refractivity contribution in [2.24, 2.45) is 5.92 Å². The van der Waals surface area contributed by atoms with Gasteiger partial charge < -0.3 is 15.4 Å². The molecule has 1 saturated heterocycles. The van der Waals surface area contributed by atoms with Gasteiger partial charge in [-0.1, -0.05) is 0 Å². The smallest absolute Gasteiger partial charge is 0.255 e. The minimum atomic E-state index is -0.0707. The summed E-state index contributed by atoms with van der Waals surface area (Å²) in [6, 6.07) is 3.71. The van der Waals surface area contributed by atoms with Crippen molar-refractivity contribution in [3.8, 4) is 0 Å². The predicted molar refractivity (Wildman–Crippen MR) is 72.1 cm³/mol. The summed E-state index contributed by atoms with van der Waals surface area (Å²) in [7, 11) is 1.77. The Bertz CT molecular complexity index is 474. The molecular formula is C14H19N3O2. The van der Waals surface area contributed by atoms with Gasteiger partial charge in [0.15, 0.2) is 0 Å². The number of nitrogens with zero attached hydrogens (tertiary/aromatic N) is 1. The molecule has 5 nitrogen and oxygen atoms in total. The van der Waals surface area contributed by atoms with Crippen LogP contribution in [0.5, 0.6) is 0 Å². The van der Waals surface area contributed by atoms with E-state index in [1.54, 1.807) is 25.4 Å². The summed E-state index contributed by atoms with van der Waals surface area (Å²) in [6.07, 6.45) is 5.24. The molecule has 19 heavy (non-hydrogen) atoms. The SMILES string of the molecule is CNc1ncccc1C(=O)NC1CCOC1C1CC1. The quantitative estimate of drug-likeness (QED) is 0.860. The molecule has 3 rings (SSSR count). The molecule has 0 radical (unpaired) electrons. The third-order valence-electron chi connectivity index (χ3n) is 3.83. The first-order valence-electron chi connectivity index (χ1n) is 6.85. The van der Waals surface area contributed by atoms with E-state index in [-0.39, 0.29) is 18.1 Å². The van der Waals surface area contributed by atoms with Crippen molar-refractivity contribution in [1.82, 2.24) is 10.3 Å². The van der Waals surface area contributed by atoms with Crippen LogP contribution in [0.3, 0.4) is 0 Å². The second kappa shape index (κ2) is 5.17. The molecule has 1 aliphatic heterocycles. The lowest BCUT2D eigenvalue weighted by atomic mass is 10.1. The molecule has 0 spiro atoms. The summed E-state index contributed by atoms with van der Waals surface area (Å²) < 4.78 is 5.74. The van der Waals surface area contributed by atoms with E-state index in [1.807, 2.05) is 0 Å². The molecule has 2 aliphatic rings. The molecule has 2 atom stereocenters. The van der Waals surface area contributed by atoms with Gasteiger partial charge in [-0.2, -0.15) is 0 Å². The van der Waals surface area contributed by atoms with E-state index in [0.29, 0.717) is 17.3 Å². The second-order valence-electron chi connectivity index (χ2n) is 5.19. The molecule has 0 aromatic carbocycles. The zero-order chi connectivity index (χ0) is 13.2. The molecule has 1 aromatic heterocycles. The van der Waals surface area contributed by atoms with Crippen LogP contribution in [0.1, 0.15) is 29.6 Å². The fourth-order valence-corrected chi connectivity index (χ4v) is 2.69. The van der Waals surface area contributed by atoms with E-state index in [0.717, 1.165) is 13.0 Å². The number of ether oxygens (including phenoxy) is 1. The lowest BCUT2D eigenvalue weighted by molar-refractivity contribution is 0.0730. The first-order chi connectivity index (χ1) is 9.29. The minimum Gasteiger partial charge on any atom is -0.376 e. The first-order valence-corrected chi connectivity index (χ1v) is 6.85. The molecule has 1 saturated carbocycles. The van der Waals surface area contributed by atoms with Gasteiger partial charge in [-0.25, -0.2) is 4.98 Å². The zero-order valence-corrected chi connectivity index (χ0v) is 11.1. The van der Waals surface area contributed by atoms with Crippen LogP contribution in [0, 0.1) is 5.92 Å². The van der Waals surface area contributed by atoms with Crippen LogP contribution in [0.15, 0.2) is 18.3 Å². The largest absolute Gasteiger partial charge is 0.376 e. The number of nitrogens with one attached hydrogen (secondary N) is 2. The Balaban J connectivity index is 1.70. The van der Waals surface area contributed by atoms with Gasteiger partial charge in [-0.05, 0) is 37.3 Å². The van der Waals surface area contributed by atoms with Gasteiger partial charge in [-0.3, -0.25) is 4.79 Å². The lowest BCUT2D eigenvalue weighted by Crippen LogP contribution is -2.41. The van der Waals surface area contributed by atoms with Crippen molar-refractivity contribution in [3.05, 3.63) is 23.9 Å². The van der Waals surface area contributed by atoms with E-state index in [9.17, 15) is 4.79 Å². The lowest BCUT2D eigenvalue weighted by Gasteiger charge is -2.20. The Morgan fingerprint density at radius 1 is 1.42 bits per heavy atom. The number of anilines is 1. The molecule has 1 aliphatic carbocycles. The highest BCUT2D eigenvalue weighted by molar-refractivity contribution is 5.98. The summed E-state index contributed by atoms with van der Waals surface area (Å²) in [6.45, 7) is 0.748. The van der Waals surface area contributed by atoms with E-state index >= 15 is 0 Å². The summed E-state index contributed by atoms with van der Waals surface area (Å²) >= 11 is 0. The fraction of sp³-hybridized carbons (Fsp3) is 0.571. The van der Waals surface area contributed by atoms with Crippen molar-refractivity contribution in [2.45, 2.75) is 31.4 Å². The van der Waals surface area contributed by atoms with Crippen LogP contribution in [0.25, 0.3) is 0 Å². The molecule has 5 heteroatoms. The Morgan fingerprint density at radius 2 is 2.26 bits per heavy atom. The Hall–Kier alpha value is -1.62. The van der Waals surface area contributed by atoms with Crippen LogP contribution >= 0.6 is 0 Å². The minimum absolute atomic E-state index is 0.0707. The molecule has 102 valence electrons. The average Bonchev–Trinajstić information content (AvgIpc) is 3.19. The van der Waals surface area contributed by atoms with Crippen LogP contribution in [0.2, 0.25) is 0 Å². The fourth-order valence-electron chi connectivity index (χ4n) is 2.69. The molecule has 2 N–H and O–H groups in total. The van der Waals surface area contributed by atoms with Crippen molar-refractivity contribution in [3.63, 3.8) is 0 Å². The van der Waals surface area contributed by atoms with Gasteiger partial charge >= 0.3 is 0 Å². The van der Waals surface area contributed by atoms with Crippen molar-refractivity contribution in [1.29, 1.82) is 0 Å². The maximum Gasteiger partial charge on any atom is 0.255 e. The maximum absolute atomic E-state index is 12.3. The number of carbonyl (C=O) groups excluding carboxylic acids is 1. The van der Waals surface area contributed by atoms with Gasteiger partial charge in [0, 0.05) is 19.9 Å². The van der Waals surface area contributed by atoms with E-state index in [1.165, 1.54) is 12.8 Å². The number of hydrogen-bond donors (Lipinski definition) is 2. The molecule has 2 heterocycles. The highest BCUT2D eigenvalue weighted by Gasteiger charge is 2.41. The average molecular weight is 261 g/mol. The molecule has 1 aromatic rings. The third kappa shape index (κ3) is 2.56. The van der Waals surface area contributed by atoms with Crippen LogP contribution in [-0.4, -0.2) is 36.7 Å². The number of rotatable bonds is 4. The number of pyridine rings is 1. The third-order valence-corrected chi connectivity index (χ3v) is 3.83. The van der Waals surface area contributed by atoms with Crippen molar-refractivity contribution >= 4 is 11.7 Å². The van der Waals surface area contributed by atoms with Gasteiger partial charge in [0.25, 0.3) is 5.91 Å². The molecule has 1 amide bonds. The Kier molecular flexibility index (Phi) is 3.38. The highest BCUT2D eigenvalue weighted by atomic mass is 16.5. The molecule has 0 bridgehead atoms. The number of hydrogen-bond acceptors (Lipinski definition) is 4. The topological polar surface area (TPSA) is 63.2 Å². The van der Waals surface area contributed by atoms with Gasteiger partial charge in [0.05, 0.1) is 17.7 Å². The van der Waals surface area contributed by atoms with Crippen molar-refractivity contribution < 1.29 is 9.53 Å². The normalized spacial score (nSPS) is 26.2. The summed E-state index contributed by atoms with van der Waals surface area (Å²) in [5.41, 5.74) is 0.589. The van der Waals surface area contributed by atoms with E-state index < -0.39 is 0 Å². The van der Waals surface area contributed by atoms with Crippen LogP contribution < -0.4 is 10.6 Å². The second-order valence-corrected chi connectivity index (χ2v) is 5.19. The van der Waals surface area contributed by atoms with E-state index in [2.05, 4.69) is 15.6 Å². The Labute approximate surface area is 112 Å². The van der Waals surface area contributed by atoms with Crippen molar-refractivity contribution in [2.75, 3.05) is 19.0 Å². The Morgan fingerprint density at radius 3 is 3.00 bits per heavy atom. The molecule has 2 fully saturated rings. The monoisotopic (exact) mass is 261 g/mol. The summed E-state index contributed by atoms with van der Waals surface area (Å²) in [4.78, 5) is 16.5. The van der Waals surface area contributed by atoms with Gasteiger partial charge in [0.2, 0.25) is 0 Å². The van der Waals surface area contributed by atoms with Gasteiger partial charge in [0.1, 0.15) is 5.82 Å². The number of amides is 1. The van der Waals surface area contributed by atoms with E-state index in [4.69, 9.17) is 4.74 Å². The summed E-state index contributed by atoms with van der Waals surface area (Å²) in [5.74, 6) is 1.19.